The number of ether oxygens (including phenoxy) is 1. The molecule has 1 saturated heterocycles. The fourth-order valence-corrected chi connectivity index (χ4v) is 3.40. The van der Waals surface area contributed by atoms with Gasteiger partial charge in [-0.1, -0.05) is 29.8 Å². The zero-order valence-corrected chi connectivity index (χ0v) is 13.7. The Morgan fingerprint density at radius 3 is 2.91 bits per heavy atom. The highest BCUT2D eigenvalue weighted by Crippen LogP contribution is 2.25. The van der Waals surface area contributed by atoms with Gasteiger partial charge in [0.25, 0.3) is 5.91 Å². The normalized spacial score (nSPS) is 21.4. The minimum atomic E-state index is -0.0289. The number of carbonyl (C=O) groups is 1. The number of hydrogen-bond donors (Lipinski definition) is 0. The predicted molar refractivity (Wildman–Crippen MR) is 88.4 cm³/mol. The first-order valence-corrected chi connectivity index (χ1v) is 8.08. The minimum Gasteiger partial charge on any atom is -0.459 e. The van der Waals surface area contributed by atoms with Crippen LogP contribution in [0.1, 0.15) is 28.1 Å². The van der Waals surface area contributed by atoms with Gasteiger partial charge in [0.05, 0.1) is 12.4 Å². The van der Waals surface area contributed by atoms with Gasteiger partial charge in [-0.25, -0.2) is 0 Å². The van der Waals surface area contributed by atoms with Gasteiger partial charge in [0.2, 0.25) is 0 Å². The van der Waals surface area contributed by atoms with Gasteiger partial charge >= 0.3 is 0 Å². The third kappa shape index (κ3) is 3.64. The van der Waals surface area contributed by atoms with Gasteiger partial charge in [0.1, 0.15) is 0 Å². The van der Waals surface area contributed by atoms with Gasteiger partial charge in [0, 0.05) is 26.1 Å². The molecule has 1 aromatic heterocycles. The zero-order chi connectivity index (χ0) is 16.2. The minimum absolute atomic E-state index is 0.0289. The summed E-state index contributed by atoms with van der Waals surface area (Å²) < 4.78 is 10.9. The predicted octanol–water partition coefficient (Wildman–Crippen LogP) is 3.31. The van der Waals surface area contributed by atoms with E-state index in [4.69, 9.17) is 9.15 Å². The van der Waals surface area contributed by atoms with Gasteiger partial charge in [0.15, 0.2) is 5.76 Å². The molecular formula is C19H23NO3. The molecule has 0 unspecified atom stereocenters. The highest BCUT2D eigenvalue weighted by Gasteiger charge is 2.32. The van der Waals surface area contributed by atoms with E-state index in [2.05, 4.69) is 31.2 Å². The average molecular weight is 313 g/mol. The average Bonchev–Trinajstić information content (AvgIpc) is 3.08. The molecule has 0 spiro atoms. The molecule has 4 heteroatoms. The Hall–Kier alpha value is -2.07. The van der Waals surface area contributed by atoms with E-state index < -0.39 is 0 Å². The number of furan rings is 1. The van der Waals surface area contributed by atoms with E-state index in [1.165, 1.54) is 11.1 Å². The van der Waals surface area contributed by atoms with Crippen molar-refractivity contribution in [2.24, 2.45) is 5.92 Å². The summed E-state index contributed by atoms with van der Waals surface area (Å²) in [6.07, 6.45) is 3.51. The number of piperidine rings is 1. The first-order chi connectivity index (χ1) is 11.2. The van der Waals surface area contributed by atoms with Crippen molar-refractivity contribution < 1.29 is 13.9 Å². The topological polar surface area (TPSA) is 42.7 Å². The van der Waals surface area contributed by atoms with Crippen LogP contribution in [0.2, 0.25) is 0 Å². The van der Waals surface area contributed by atoms with E-state index in [-0.39, 0.29) is 12.0 Å². The van der Waals surface area contributed by atoms with E-state index in [0.717, 1.165) is 12.8 Å². The SMILES string of the molecule is CO[C@@H]1CCN(C(=O)c2ccco2)C[C@@H]1Cc1cccc(C)c1. The molecule has 0 radical (unpaired) electrons. The highest BCUT2D eigenvalue weighted by atomic mass is 16.5. The summed E-state index contributed by atoms with van der Waals surface area (Å²) >= 11 is 0. The lowest BCUT2D eigenvalue weighted by Gasteiger charge is -2.37. The summed E-state index contributed by atoms with van der Waals surface area (Å²) in [5.41, 5.74) is 2.56. The van der Waals surface area contributed by atoms with Gasteiger partial charge in [-0.15, -0.1) is 0 Å². The fraction of sp³-hybridized carbons (Fsp3) is 0.421. The molecule has 3 rings (SSSR count). The number of rotatable bonds is 4. The maximum absolute atomic E-state index is 12.5. The second-order valence-corrected chi connectivity index (χ2v) is 6.24. The number of nitrogens with zero attached hydrogens (tertiary/aromatic N) is 1. The molecule has 2 atom stereocenters. The third-order valence-electron chi connectivity index (χ3n) is 4.57. The van der Waals surface area contributed by atoms with Crippen molar-refractivity contribution in [1.29, 1.82) is 0 Å². The number of methoxy groups -OCH3 is 1. The Kier molecular flexibility index (Phi) is 4.82. The van der Waals surface area contributed by atoms with Gasteiger partial charge in [-0.3, -0.25) is 4.79 Å². The molecule has 0 N–H and O–H groups in total. The lowest BCUT2D eigenvalue weighted by Crippen LogP contribution is -2.47. The summed E-state index contributed by atoms with van der Waals surface area (Å²) in [4.78, 5) is 14.4. The van der Waals surface area contributed by atoms with Crippen molar-refractivity contribution in [2.75, 3.05) is 20.2 Å². The second kappa shape index (κ2) is 7.01. The number of likely N-dealkylation sites (tertiary alicyclic amines) is 1. The first-order valence-electron chi connectivity index (χ1n) is 8.08. The summed E-state index contributed by atoms with van der Waals surface area (Å²) in [6, 6.07) is 12.0. The standard InChI is InChI=1S/C19H23NO3/c1-14-5-3-6-15(11-14)12-16-13-20(9-8-17(16)22-2)19(21)18-7-4-10-23-18/h3-7,10-11,16-17H,8-9,12-13H2,1-2H3/t16-,17+/m0/s1. The van der Waals surface area contributed by atoms with Crippen LogP contribution in [-0.4, -0.2) is 37.1 Å². The van der Waals surface area contributed by atoms with E-state index in [9.17, 15) is 4.79 Å². The quantitative estimate of drug-likeness (QED) is 0.870. The van der Waals surface area contributed by atoms with Crippen molar-refractivity contribution in [2.45, 2.75) is 25.9 Å². The van der Waals surface area contributed by atoms with Crippen LogP contribution in [0.3, 0.4) is 0 Å². The zero-order valence-electron chi connectivity index (χ0n) is 13.7. The van der Waals surface area contributed by atoms with Crippen molar-refractivity contribution in [1.82, 2.24) is 4.90 Å². The van der Waals surface area contributed by atoms with Crippen LogP contribution in [0.5, 0.6) is 0 Å². The smallest absolute Gasteiger partial charge is 0.289 e. The number of benzene rings is 1. The Labute approximate surface area is 137 Å². The van der Waals surface area contributed by atoms with Crippen molar-refractivity contribution in [3.8, 4) is 0 Å². The molecule has 122 valence electrons. The molecule has 2 heterocycles. The molecule has 4 nitrogen and oxygen atoms in total. The third-order valence-corrected chi connectivity index (χ3v) is 4.57. The van der Waals surface area contributed by atoms with E-state index in [1.807, 2.05) is 4.90 Å². The van der Waals surface area contributed by atoms with Crippen LogP contribution in [0.25, 0.3) is 0 Å². The molecule has 0 bridgehead atoms. The molecule has 1 amide bonds. The van der Waals surface area contributed by atoms with Crippen molar-refractivity contribution >= 4 is 5.91 Å². The molecule has 0 saturated carbocycles. The van der Waals surface area contributed by atoms with Gasteiger partial charge in [-0.05, 0) is 37.5 Å². The lowest BCUT2D eigenvalue weighted by atomic mass is 9.88. The van der Waals surface area contributed by atoms with Crippen LogP contribution in [0.15, 0.2) is 47.1 Å². The van der Waals surface area contributed by atoms with Crippen LogP contribution in [0, 0.1) is 12.8 Å². The van der Waals surface area contributed by atoms with E-state index >= 15 is 0 Å². The Balaban J connectivity index is 1.72. The van der Waals surface area contributed by atoms with Crippen molar-refractivity contribution in [3.05, 3.63) is 59.5 Å². The molecule has 23 heavy (non-hydrogen) atoms. The molecule has 1 aromatic carbocycles. The molecule has 1 aliphatic rings. The maximum atomic E-state index is 12.5. The summed E-state index contributed by atoms with van der Waals surface area (Å²) in [6.45, 7) is 3.51. The Bertz CT molecular complexity index is 650. The van der Waals surface area contributed by atoms with Crippen LogP contribution in [-0.2, 0) is 11.2 Å². The molecule has 2 aromatic rings. The number of amides is 1. The Morgan fingerprint density at radius 2 is 2.22 bits per heavy atom. The van der Waals surface area contributed by atoms with Crippen LogP contribution in [0.4, 0.5) is 0 Å². The monoisotopic (exact) mass is 313 g/mol. The fourth-order valence-electron chi connectivity index (χ4n) is 3.40. The number of hydrogen-bond acceptors (Lipinski definition) is 3. The molecule has 0 aliphatic carbocycles. The van der Waals surface area contributed by atoms with E-state index in [0.29, 0.717) is 24.8 Å². The second-order valence-electron chi connectivity index (χ2n) is 6.24. The molecule has 1 aliphatic heterocycles. The first kappa shape index (κ1) is 15.8. The highest BCUT2D eigenvalue weighted by molar-refractivity contribution is 5.91. The molecule has 1 fully saturated rings. The molecular weight excluding hydrogens is 290 g/mol. The summed E-state index contributed by atoms with van der Waals surface area (Å²) in [5, 5.41) is 0. The van der Waals surface area contributed by atoms with E-state index in [1.54, 1.807) is 25.5 Å². The number of carbonyl (C=O) groups excluding carboxylic acids is 1. The number of aryl methyl sites for hydroxylation is 1. The largest absolute Gasteiger partial charge is 0.459 e. The van der Waals surface area contributed by atoms with Crippen LogP contribution < -0.4 is 0 Å². The summed E-state index contributed by atoms with van der Waals surface area (Å²) in [7, 11) is 1.76. The maximum Gasteiger partial charge on any atom is 0.289 e. The lowest BCUT2D eigenvalue weighted by molar-refractivity contribution is -0.00390. The summed E-state index contributed by atoms with van der Waals surface area (Å²) in [5.74, 6) is 0.684. The Morgan fingerprint density at radius 1 is 1.35 bits per heavy atom. The van der Waals surface area contributed by atoms with Gasteiger partial charge in [-0.2, -0.15) is 0 Å². The van der Waals surface area contributed by atoms with Crippen molar-refractivity contribution in [3.63, 3.8) is 0 Å². The van der Waals surface area contributed by atoms with Gasteiger partial charge < -0.3 is 14.1 Å². The van der Waals surface area contributed by atoms with Crippen LogP contribution >= 0.6 is 0 Å².